The van der Waals surface area contributed by atoms with Crippen LogP contribution in [0.25, 0.3) is 12.2 Å². The summed E-state index contributed by atoms with van der Waals surface area (Å²) in [6, 6.07) is 13.9. The topological polar surface area (TPSA) is 94.9 Å². The van der Waals surface area contributed by atoms with Gasteiger partial charge in [-0.1, -0.05) is 31.2 Å². The SMILES string of the molecule is CCCOc1ccccc1/C=C/C(=O)Oc1ccc(/C=C(\C#N)C(=O)OCC)cc1OC. The molecule has 0 fully saturated rings. The molecule has 0 aromatic heterocycles. The lowest BCUT2D eigenvalue weighted by Gasteiger charge is -2.09. The largest absolute Gasteiger partial charge is 0.493 e. The molecule has 2 rings (SSSR count). The Balaban J connectivity index is 2.16. The van der Waals surface area contributed by atoms with Crippen LogP contribution in [0.1, 0.15) is 31.4 Å². The number of rotatable bonds is 10. The van der Waals surface area contributed by atoms with Gasteiger partial charge < -0.3 is 18.9 Å². The van der Waals surface area contributed by atoms with E-state index in [1.807, 2.05) is 37.3 Å². The van der Waals surface area contributed by atoms with Crippen molar-refractivity contribution in [2.75, 3.05) is 20.3 Å². The van der Waals surface area contributed by atoms with E-state index in [4.69, 9.17) is 24.2 Å². The molecule has 0 amide bonds. The number of ether oxygens (including phenoxy) is 4. The number of esters is 2. The molecule has 0 spiro atoms. The number of nitriles is 1. The zero-order valence-electron chi connectivity index (χ0n) is 18.3. The summed E-state index contributed by atoms with van der Waals surface area (Å²) < 4.78 is 21.2. The van der Waals surface area contributed by atoms with Gasteiger partial charge in [0.25, 0.3) is 0 Å². The summed E-state index contributed by atoms with van der Waals surface area (Å²) in [5.41, 5.74) is 1.13. The van der Waals surface area contributed by atoms with Gasteiger partial charge in [-0.05, 0) is 49.3 Å². The summed E-state index contributed by atoms with van der Waals surface area (Å²) in [5.74, 6) is -0.154. The van der Waals surface area contributed by atoms with E-state index >= 15 is 0 Å². The number of carbonyl (C=O) groups excluding carboxylic acids is 2. The number of nitrogens with zero attached hydrogens (tertiary/aromatic N) is 1. The number of hydrogen-bond acceptors (Lipinski definition) is 7. The third-order valence-corrected chi connectivity index (χ3v) is 4.10. The summed E-state index contributed by atoms with van der Waals surface area (Å²) in [6.07, 6.45) is 5.17. The lowest BCUT2D eigenvalue weighted by atomic mass is 10.1. The molecule has 32 heavy (non-hydrogen) atoms. The number of carbonyl (C=O) groups is 2. The first-order valence-electron chi connectivity index (χ1n) is 10.1. The van der Waals surface area contributed by atoms with E-state index in [1.165, 1.54) is 25.3 Å². The average Bonchev–Trinajstić information content (AvgIpc) is 2.81. The second-order valence-electron chi connectivity index (χ2n) is 6.44. The Kier molecular flexibility index (Phi) is 9.54. The van der Waals surface area contributed by atoms with Gasteiger partial charge in [0, 0.05) is 11.6 Å². The van der Waals surface area contributed by atoms with Crippen molar-refractivity contribution in [3.8, 4) is 23.3 Å². The average molecular weight is 435 g/mol. The summed E-state index contributed by atoms with van der Waals surface area (Å²) in [5, 5.41) is 9.17. The van der Waals surface area contributed by atoms with Crippen molar-refractivity contribution < 1.29 is 28.5 Å². The van der Waals surface area contributed by atoms with Crippen LogP contribution in [-0.2, 0) is 14.3 Å². The maximum absolute atomic E-state index is 12.3. The minimum absolute atomic E-state index is 0.148. The van der Waals surface area contributed by atoms with Gasteiger partial charge in [-0.2, -0.15) is 5.26 Å². The Morgan fingerprint density at radius 2 is 1.84 bits per heavy atom. The fraction of sp³-hybridized carbons (Fsp3) is 0.240. The molecule has 0 saturated heterocycles. The lowest BCUT2D eigenvalue weighted by Crippen LogP contribution is -2.06. The molecule has 0 aliphatic heterocycles. The Morgan fingerprint density at radius 3 is 2.53 bits per heavy atom. The third-order valence-electron chi connectivity index (χ3n) is 4.10. The Hall–Kier alpha value is -4.05. The second-order valence-corrected chi connectivity index (χ2v) is 6.44. The Morgan fingerprint density at radius 1 is 1.06 bits per heavy atom. The first-order chi connectivity index (χ1) is 15.5. The fourth-order valence-electron chi connectivity index (χ4n) is 2.63. The van der Waals surface area contributed by atoms with Gasteiger partial charge in [0.15, 0.2) is 11.5 Å². The molecule has 0 atom stereocenters. The quantitative estimate of drug-likeness (QED) is 0.233. The minimum Gasteiger partial charge on any atom is -0.493 e. The highest BCUT2D eigenvalue weighted by molar-refractivity contribution is 5.98. The van der Waals surface area contributed by atoms with Gasteiger partial charge in [-0.25, -0.2) is 9.59 Å². The first-order valence-corrected chi connectivity index (χ1v) is 10.1. The summed E-state index contributed by atoms with van der Waals surface area (Å²) in [4.78, 5) is 24.1. The molecule has 0 aliphatic rings. The lowest BCUT2D eigenvalue weighted by molar-refractivity contribution is -0.138. The molecule has 7 nitrogen and oxygen atoms in total. The van der Waals surface area contributed by atoms with Crippen LogP contribution in [0.5, 0.6) is 17.2 Å². The molecule has 0 N–H and O–H groups in total. The molecule has 0 aliphatic carbocycles. The third kappa shape index (κ3) is 7.03. The monoisotopic (exact) mass is 435 g/mol. The van der Waals surface area contributed by atoms with Crippen LogP contribution in [0, 0.1) is 11.3 Å². The molecule has 0 unspecified atom stereocenters. The molecular weight excluding hydrogens is 410 g/mol. The van der Waals surface area contributed by atoms with Gasteiger partial charge in [-0.15, -0.1) is 0 Å². The maximum Gasteiger partial charge on any atom is 0.348 e. The summed E-state index contributed by atoms with van der Waals surface area (Å²) >= 11 is 0. The van der Waals surface area contributed by atoms with Crippen molar-refractivity contribution in [2.45, 2.75) is 20.3 Å². The summed E-state index contributed by atoms with van der Waals surface area (Å²) in [7, 11) is 1.42. The molecule has 0 radical (unpaired) electrons. The van der Waals surface area contributed by atoms with Crippen LogP contribution in [-0.4, -0.2) is 32.3 Å². The van der Waals surface area contributed by atoms with Gasteiger partial charge in [0.05, 0.1) is 20.3 Å². The summed E-state index contributed by atoms with van der Waals surface area (Å²) in [6.45, 7) is 4.42. The van der Waals surface area contributed by atoms with Gasteiger partial charge >= 0.3 is 11.9 Å². The van der Waals surface area contributed by atoms with Crippen LogP contribution in [0.2, 0.25) is 0 Å². The van der Waals surface area contributed by atoms with Crippen molar-refractivity contribution in [1.82, 2.24) is 0 Å². The zero-order valence-corrected chi connectivity index (χ0v) is 18.3. The fourth-order valence-corrected chi connectivity index (χ4v) is 2.63. The zero-order chi connectivity index (χ0) is 23.3. The van der Waals surface area contributed by atoms with E-state index in [2.05, 4.69) is 0 Å². The Bertz CT molecular complexity index is 1050. The van der Waals surface area contributed by atoms with Crippen molar-refractivity contribution in [3.05, 3.63) is 65.2 Å². The number of para-hydroxylation sites is 1. The molecule has 166 valence electrons. The molecule has 2 aromatic carbocycles. The van der Waals surface area contributed by atoms with Gasteiger partial charge in [-0.3, -0.25) is 0 Å². The highest BCUT2D eigenvalue weighted by Gasteiger charge is 2.13. The van der Waals surface area contributed by atoms with E-state index in [0.717, 1.165) is 12.0 Å². The maximum atomic E-state index is 12.3. The highest BCUT2D eigenvalue weighted by Crippen LogP contribution is 2.29. The standard InChI is InChI=1S/C25H25NO6/c1-4-14-31-21-9-7-6-8-19(21)11-13-24(27)32-22-12-10-18(16-23(22)29-3)15-20(17-26)25(28)30-5-2/h6-13,15-16H,4-5,14H2,1-3H3/b13-11+,20-15+. The Labute approximate surface area is 187 Å². The van der Waals surface area contributed by atoms with E-state index < -0.39 is 11.9 Å². The van der Waals surface area contributed by atoms with E-state index in [-0.39, 0.29) is 23.7 Å². The molecule has 0 heterocycles. The van der Waals surface area contributed by atoms with Crippen LogP contribution in [0.15, 0.2) is 54.1 Å². The van der Waals surface area contributed by atoms with Crippen LogP contribution in [0.3, 0.4) is 0 Å². The number of benzene rings is 2. The predicted octanol–water partition coefficient (Wildman–Crippen LogP) is 4.57. The second kappa shape index (κ2) is 12.6. The molecule has 7 heteroatoms. The van der Waals surface area contributed by atoms with E-state index in [9.17, 15) is 9.59 Å². The van der Waals surface area contributed by atoms with Crippen molar-refractivity contribution in [2.24, 2.45) is 0 Å². The van der Waals surface area contributed by atoms with Crippen molar-refractivity contribution >= 4 is 24.1 Å². The van der Waals surface area contributed by atoms with Crippen molar-refractivity contribution in [1.29, 1.82) is 5.26 Å². The predicted molar refractivity (Wildman–Crippen MR) is 120 cm³/mol. The number of methoxy groups -OCH3 is 1. The first kappa shape index (κ1) is 24.2. The van der Waals surface area contributed by atoms with Crippen LogP contribution < -0.4 is 14.2 Å². The van der Waals surface area contributed by atoms with Crippen molar-refractivity contribution in [3.63, 3.8) is 0 Å². The molecule has 0 saturated carbocycles. The molecular formula is C25H25NO6. The van der Waals surface area contributed by atoms with Gasteiger partial charge in [0.1, 0.15) is 17.4 Å². The van der Waals surface area contributed by atoms with Crippen LogP contribution in [0.4, 0.5) is 0 Å². The van der Waals surface area contributed by atoms with E-state index in [1.54, 1.807) is 25.1 Å². The number of hydrogen-bond donors (Lipinski definition) is 0. The normalized spacial score (nSPS) is 11.0. The smallest absolute Gasteiger partial charge is 0.348 e. The minimum atomic E-state index is -0.710. The molecule has 0 bridgehead atoms. The van der Waals surface area contributed by atoms with E-state index in [0.29, 0.717) is 17.9 Å². The van der Waals surface area contributed by atoms with Crippen LogP contribution >= 0.6 is 0 Å². The highest BCUT2D eigenvalue weighted by atomic mass is 16.6. The van der Waals surface area contributed by atoms with Gasteiger partial charge in [0.2, 0.25) is 0 Å². The molecule has 2 aromatic rings.